The Morgan fingerprint density at radius 2 is 2.00 bits per heavy atom. The molecule has 2 saturated carbocycles. The van der Waals surface area contributed by atoms with Crippen molar-refractivity contribution in [2.24, 2.45) is 17.8 Å². The van der Waals surface area contributed by atoms with Gasteiger partial charge in [-0.05, 0) is 67.4 Å². The van der Waals surface area contributed by atoms with Crippen LogP contribution in [0.1, 0.15) is 62.0 Å². The maximum atomic E-state index is 12.7. The van der Waals surface area contributed by atoms with E-state index in [0.29, 0.717) is 17.6 Å². The summed E-state index contributed by atoms with van der Waals surface area (Å²) in [5, 5.41) is 0. The van der Waals surface area contributed by atoms with E-state index in [1.54, 1.807) is 0 Å². The van der Waals surface area contributed by atoms with E-state index in [2.05, 4.69) is 24.3 Å². The molecule has 1 heteroatoms. The van der Waals surface area contributed by atoms with Crippen LogP contribution in [0.25, 0.3) is 0 Å². The monoisotopic (exact) mass is 268 g/mol. The fourth-order valence-electron chi connectivity index (χ4n) is 5.10. The molecule has 4 rings (SSSR count). The summed E-state index contributed by atoms with van der Waals surface area (Å²) in [5.74, 6) is 3.13. The van der Waals surface area contributed by atoms with Crippen molar-refractivity contribution in [3.63, 3.8) is 0 Å². The van der Waals surface area contributed by atoms with Crippen molar-refractivity contribution in [3.8, 4) is 0 Å². The number of benzene rings is 1. The van der Waals surface area contributed by atoms with E-state index in [4.69, 9.17) is 0 Å². The Bertz CT molecular complexity index is 518. The molecule has 1 aromatic rings. The van der Waals surface area contributed by atoms with E-state index in [9.17, 15) is 4.79 Å². The van der Waals surface area contributed by atoms with Gasteiger partial charge in [-0.3, -0.25) is 4.79 Å². The van der Waals surface area contributed by atoms with Crippen LogP contribution in [0.4, 0.5) is 0 Å². The quantitative estimate of drug-likeness (QED) is 0.788. The van der Waals surface area contributed by atoms with Crippen LogP contribution < -0.4 is 0 Å². The predicted molar refractivity (Wildman–Crippen MR) is 80.7 cm³/mol. The molecule has 106 valence electrons. The zero-order valence-corrected chi connectivity index (χ0v) is 12.2. The maximum absolute atomic E-state index is 12.7. The van der Waals surface area contributed by atoms with Gasteiger partial charge >= 0.3 is 0 Å². The molecule has 0 spiro atoms. The fourth-order valence-corrected chi connectivity index (χ4v) is 5.10. The van der Waals surface area contributed by atoms with Gasteiger partial charge < -0.3 is 0 Å². The molecule has 3 aliphatic carbocycles. The standard InChI is InChI=1S/C19H24O/c20-19(18-11-13-8-9-16(18)10-13)12-15-6-3-5-14-4-1-2-7-17(14)15/h1-2,4,7,13,15-16,18H,3,5-6,8-12H2. The second-order valence-corrected chi connectivity index (χ2v) is 7.24. The minimum absolute atomic E-state index is 0.419. The minimum atomic E-state index is 0.419. The summed E-state index contributed by atoms with van der Waals surface area (Å²) in [5.41, 5.74) is 2.96. The van der Waals surface area contributed by atoms with Gasteiger partial charge in [0.15, 0.2) is 0 Å². The van der Waals surface area contributed by atoms with Crippen LogP contribution in [-0.2, 0) is 11.2 Å². The molecule has 0 aliphatic heterocycles. The smallest absolute Gasteiger partial charge is 0.136 e. The van der Waals surface area contributed by atoms with Crippen LogP contribution in [0.5, 0.6) is 0 Å². The van der Waals surface area contributed by atoms with Crippen LogP contribution in [0.15, 0.2) is 24.3 Å². The summed E-state index contributed by atoms with van der Waals surface area (Å²) < 4.78 is 0. The van der Waals surface area contributed by atoms with E-state index >= 15 is 0 Å². The Balaban J connectivity index is 1.48. The van der Waals surface area contributed by atoms with E-state index in [1.165, 1.54) is 56.1 Å². The van der Waals surface area contributed by atoms with Gasteiger partial charge in [0, 0.05) is 12.3 Å². The first-order valence-electron chi connectivity index (χ1n) is 8.42. The van der Waals surface area contributed by atoms with Crippen molar-refractivity contribution >= 4 is 5.78 Å². The number of Topliss-reactive ketones (excluding diaryl/α,β-unsaturated/α-hetero) is 1. The normalized spacial score (nSPS) is 35.0. The van der Waals surface area contributed by atoms with Gasteiger partial charge in [-0.1, -0.05) is 30.7 Å². The molecule has 1 aromatic carbocycles. The first-order valence-corrected chi connectivity index (χ1v) is 8.42. The lowest BCUT2D eigenvalue weighted by atomic mass is 9.76. The number of carbonyl (C=O) groups is 1. The Morgan fingerprint density at radius 3 is 2.80 bits per heavy atom. The summed E-state index contributed by atoms with van der Waals surface area (Å²) in [6, 6.07) is 8.79. The Kier molecular flexibility index (Phi) is 3.17. The van der Waals surface area contributed by atoms with E-state index in [1.807, 2.05) is 0 Å². The molecule has 0 heterocycles. The van der Waals surface area contributed by atoms with Gasteiger partial charge in [0.2, 0.25) is 0 Å². The number of rotatable bonds is 3. The van der Waals surface area contributed by atoms with Crippen LogP contribution in [0, 0.1) is 17.8 Å². The Labute approximate surface area is 121 Å². The molecule has 3 aliphatic rings. The average Bonchev–Trinajstić information content (AvgIpc) is 3.10. The summed E-state index contributed by atoms with van der Waals surface area (Å²) in [7, 11) is 0. The maximum Gasteiger partial charge on any atom is 0.136 e. The molecule has 2 fully saturated rings. The largest absolute Gasteiger partial charge is 0.299 e. The number of hydrogen-bond acceptors (Lipinski definition) is 1. The highest BCUT2D eigenvalue weighted by Gasteiger charge is 2.43. The second kappa shape index (κ2) is 5.02. The number of aryl methyl sites for hydroxylation is 1. The molecule has 4 unspecified atom stereocenters. The highest BCUT2D eigenvalue weighted by molar-refractivity contribution is 5.82. The number of carbonyl (C=O) groups excluding carboxylic acids is 1. The Morgan fingerprint density at radius 1 is 1.10 bits per heavy atom. The molecular formula is C19H24O. The topological polar surface area (TPSA) is 17.1 Å². The van der Waals surface area contributed by atoms with Gasteiger partial charge in [0.25, 0.3) is 0 Å². The third-order valence-electron chi connectivity index (χ3n) is 6.09. The van der Waals surface area contributed by atoms with Crippen LogP contribution in [-0.4, -0.2) is 5.78 Å². The fraction of sp³-hybridized carbons (Fsp3) is 0.632. The summed E-state index contributed by atoms with van der Waals surface area (Å²) in [6.07, 6.45) is 9.74. The molecule has 0 saturated heterocycles. The average molecular weight is 268 g/mol. The van der Waals surface area contributed by atoms with Crippen molar-refractivity contribution in [3.05, 3.63) is 35.4 Å². The van der Waals surface area contributed by atoms with Crippen LogP contribution in [0.3, 0.4) is 0 Å². The molecule has 0 amide bonds. The van der Waals surface area contributed by atoms with Crippen molar-refractivity contribution < 1.29 is 4.79 Å². The van der Waals surface area contributed by atoms with E-state index in [-0.39, 0.29) is 0 Å². The Hall–Kier alpha value is -1.11. The number of hydrogen-bond donors (Lipinski definition) is 0. The molecular weight excluding hydrogens is 244 g/mol. The molecule has 2 bridgehead atoms. The first kappa shape index (κ1) is 12.6. The lowest BCUT2D eigenvalue weighted by molar-refractivity contribution is -0.124. The first-order chi connectivity index (χ1) is 9.81. The SMILES string of the molecule is O=C(CC1CCCc2ccccc21)C1CC2CCC1C2. The van der Waals surface area contributed by atoms with Crippen LogP contribution in [0.2, 0.25) is 0 Å². The van der Waals surface area contributed by atoms with E-state index in [0.717, 1.165) is 18.3 Å². The summed E-state index contributed by atoms with van der Waals surface area (Å²) in [6.45, 7) is 0. The lowest BCUT2D eigenvalue weighted by Gasteiger charge is -2.27. The van der Waals surface area contributed by atoms with Gasteiger partial charge in [-0.15, -0.1) is 0 Å². The zero-order valence-electron chi connectivity index (χ0n) is 12.2. The van der Waals surface area contributed by atoms with Gasteiger partial charge in [0.1, 0.15) is 5.78 Å². The molecule has 0 radical (unpaired) electrons. The molecule has 4 atom stereocenters. The zero-order chi connectivity index (χ0) is 13.5. The number of ketones is 1. The lowest BCUT2D eigenvalue weighted by Crippen LogP contribution is -2.24. The molecule has 0 aromatic heterocycles. The molecule has 1 nitrogen and oxygen atoms in total. The molecule has 0 N–H and O–H groups in total. The van der Waals surface area contributed by atoms with Crippen molar-refractivity contribution in [2.75, 3.05) is 0 Å². The van der Waals surface area contributed by atoms with E-state index < -0.39 is 0 Å². The van der Waals surface area contributed by atoms with Crippen molar-refractivity contribution in [1.82, 2.24) is 0 Å². The second-order valence-electron chi connectivity index (χ2n) is 7.24. The minimum Gasteiger partial charge on any atom is -0.299 e. The third kappa shape index (κ3) is 2.12. The van der Waals surface area contributed by atoms with Gasteiger partial charge in [-0.2, -0.15) is 0 Å². The number of fused-ring (bicyclic) bond motifs is 3. The van der Waals surface area contributed by atoms with Gasteiger partial charge in [0.05, 0.1) is 0 Å². The highest BCUT2D eigenvalue weighted by Crippen LogP contribution is 2.49. The third-order valence-corrected chi connectivity index (χ3v) is 6.09. The predicted octanol–water partition coefficient (Wildman–Crippen LogP) is 4.50. The van der Waals surface area contributed by atoms with Gasteiger partial charge in [-0.25, -0.2) is 0 Å². The van der Waals surface area contributed by atoms with Crippen molar-refractivity contribution in [1.29, 1.82) is 0 Å². The van der Waals surface area contributed by atoms with Crippen molar-refractivity contribution in [2.45, 2.75) is 57.3 Å². The summed E-state index contributed by atoms with van der Waals surface area (Å²) in [4.78, 5) is 12.7. The molecule has 20 heavy (non-hydrogen) atoms. The summed E-state index contributed by atoms with van der Waals surface area (Å²) >= 11 is 0. The highest BCUT2D eigenvalue weighted by atomic mass is 16.1. The van der Waals surface area contributed by atoms with Crippen LogP contribution >= 0.6 is 0 Å².